The summed E-state index contributed by atoms with van der Waals surface area (Å²) in [6.45, 7) is 6.44. The van der Waals surface area contributed by atoms with Crippen molar-refractivity contribution < 1.29 is 28.6 Å². The summed E-state index contributed by atoms with van der Waals surface area (Å²) in [6.07, 6.45) is 74.0. The molecule has 0 bridgehead atoms. The monoisotopic (exact) mass is 945 g/mol. The summed E-state index contributed by atoms with van der Waals surface area (Å²) in [4.78, 5) is 38.1. The van der Waals surface area contributed by atoms with E-state index in [-0.39, 0.29) is 31.1 Å². The van der Waals surface area contributed by atoms with Crippen LogP contribution in [0.1, 0.15) is 258 Å². The summed E-state index contributed by atoms with van der Waals surface area (Å²) in [5.74, 6) is -0.955. The normalized spacial score (nSPS) is 12.8. The van der Waals surface area contributed by atoms with Crippen LogP contribution in [0.3, 0.4) is 0 Å². The van der Waals surface area contributed by atoms with Crippen molar-refractivity contribution in [2.24, 2.45) is 0 Å². The van der Waals surface area contributed by atoms with Crippen LogP contribution in [0, 0.1) is 0 Å². The van der Waals surface area contributed by atoms with E-state index in [1.807, 2.05) is 0 Å². The smallest absolute Gasteiger partial charge is 0.306 e. The fraction of sp³-hybridized carbons (Fsp3) is 0.694. The number of allylic oxidation sites excluding steroid dienone is 16. The largest absolute Gasteiger partial charge is 0.462 e. The SMILES string of the molecule is CC/C=C\C/C=C\C/C=C\C/C=C\C/C=C\C/C=C\CCCCC(=O)OCC(COC(=O)CCCCCCC/C=C\CCCC)OC(=O)CCCCCCCCC/C=C\CCCCCCCCC. The van der Waals surface area contributed by atoms with E-state index in [0.717, 1.165) is 109 Å². The molecule has 6 nitrogen and oxygen atoms in total. The maximum atomic E-state index is 12.8. The van der Waals surface area contributed by atoms with Crippen LogP contribution in [0.2, 0.25) is 0 Å². The molecule has 0 saturated heterocycles. The van der Waals surface area contributed by atoms with Gasteiger partial charge in [-0.25, -0.2) is 0 Å². The molecule has 1 atom stereocenters. The lowest BCUT2D eigenvalue weighted by Gasteiger charge is -2.18. The second-order valence-corrected chi connectivity index (χ2v) is 18.5. The number of carbonyl (C=O) groups excluding carboxylic acids is 3. The Morgan fingerprint density at radius 3 is 0.985 bits per heavy atom. The second kappa shape index (κ2) is 55.9. The molecule has 0 rings (SSSR count). The maximum absolute atomic E-state index is 12.8. The molecule has 0 amide bonds. The first kappa shape index (κ1) is 64.3. The molecule has 0 aromatic heterocycles. The van der Waals surface area contributed by atoms with Gasteiger partial charge in [-0.3, -0.25) is 14.4 Å². The van der Waals surface area contributed by atoms with E-state index in [1.165, 1.54) is 109 Å². The highest BCUT2D eigenvalue weighted by Crippen LogP contribution is 2.14. The van der Waals surface area contributed by atoms with Gasteiger partial charge in [-0.2, -0.15) is 0 Å². The molecule has 0 heterocycles. The van der Waals surface area contributed by atoms with Gasteiger partial charge in [0.25, 0.3) is 0 Å². The average molecular weight is 946 g/mol. The van der Waals surface area contributed by atoms with Crippen molar-refractivity contribution in [3.05, 3.63) is 97.2 Å². The molecule has 0 N–H and O–H groups in total. The first-order valence-electron chi connectivity index (χ1n) is 28.2. The molecule has 0 aromatic rings. The van der Waals surface area contributed by atoms with Crippen molar-refractivity contribution >= 4 is 17.9 Å². The molecule has 0 aliphatic carbocycles. The van der Waals surface area contributed by atoms with Gasteiger partial charge in [0.05, 0.1) is 0 Å². The third-order valence-corrected chi connectivity index (χ3v) is 11.8. The van der Waals surface area contributed by atoms with Crippen LogP contribution >= 0.6 is 0 Å². The van der Waals surface area contributed by atoms with Crippen LogP contribution in [-0.4, -0.2) is 37.2 Å². The summed E-state index contributed by atoms with van der Waals surface area (Å²) in [6, 6.07) is 0. The quantitative estimate of drug-likeness (QED) is 0.0262. The van der Waals surface area contributed by atoms with Gasteiger partial charge in [0, 0.05) is 19.3 Å². The van der Waals surface area contributed by atoms with Crippen LogP contribution in [0.4, 0.5) is 0 Å². The Balaban J connectivity index is 4.44. The number of carbonyl (C=O) groups is 3. The van der Waals surface area contributed by atoms with Gasteiger partial charge in [0.2, 0.25) is 0 Å². The van der Waals surface area contributed by atoms with E-state index in [9.17, 15) is 14.4 Å². The van der Waals surface area contributed by atoms with Crippen LogP contribution in [0.5, 0.6) is 0 Å². The van der Waals surface area contributed by atoms with Gasteiger partial charge in [0.1, 0.15) is 13.2 Å². The minimum atomic E-state index is -0.802. The zero-order valence-corrected chi connectivity index (χ0v) is 44.3. The van der Waals surface area contributed by atoms with Gasteiger partial charge in [0.15, 0.2) is 6.10 Å². The second-order valence-electron chi connectivity index (χ2n) is 18.5. The third-order valence-electron chi connectivity index (χ3n) is 11.8. The van der Waals surface area contributed by atoms with Crippen LogP contribution in [-0.2, 0) is 28.6 Å². The summed E-state index contributed by atoms with van der Waals surface area (Å²) in [7, 11) is 0. The molecular weight excluding hydrogens is 841 g/mol. The Morgan fingerprint density at radius 2 is 0.588 bits per heavy atom. The highest BCUT2D eigenvalue weighted by molar-refractivity contribution is 5.71. The van der Waals surface area contributed by atoms with Crippen molar-refractivity contribution in [1.82, 2.24) is 0 Å². The van der Waals surface area contributed by atoms with Gasteiger partial charge >= 0.3 is 17.9 Å². The minimum Gasteiger partial charge on any atom is -0.462 e. The average Bonchev–Trinajstić information content (AvgIpc) is 3.34. The Morgan fingerprint density at radius 1 is 0.309 bits per heavy atom. The number of ether oxygens (including phenoxy) is 3. The molecule has 0 fully saturated rings. The Hall–Kier alpha value is -3.67. The van der Waals surface area contributed by atoms with Crippen molar-refractivity contribution in [3.63, 3.8) is 0 Å². The van der Waals surface area contributed by atoms with Crippen molar-refractivity contribution in [3.8, 4) is 0 Å². The molecule has 68 heavy (non-hydrogen) atoms. The molecule has 0 aliphatic rings. The summed E-state index contributed by atoms with van der Waals surface area (Å²) in [5.41, 5.74) is 0. The predicted octanol–water partition coefficient (Wildman–Crippen LogP) is 18.9. The van der Waals surface area contributed by atoms with E-state index in [1.54, 1.807) is 0 Å². The first-order chi connectivity index (χ1) is 33.5. The van der Waals surface area contributed by atoms with Crippen molar-refractivity contribution in [1.29, 1.82) is 0 Å². The molecular formula is C62H104O6. The number of rotatable bonds is 50. The molecule has 0 saturated carbocycles. The molecule has 0 aromatic carbocycles. The highest BCUT2D eigenvalue weighted by Gasteiger charge is 2.19. The Kier molecular flexibility index (Phi) is 52.9. The van der Waals surface area contributed by atoms with E-state index < -0.39 is 6.10 Å². The number of unbranched alkanes of at least 4 members (excludes halogenated alkanes) is 23. The lowest BCUT2D eigenvalue weighted by atomic mass is 10.1. The predicted molar refractivity (Wildman–Crippen MR) is 293 cm³/mol. The fourth-order valence-electron chi connectivity index (χ4n) is 7.54. The van der Waals surface area contributed by atoms with E-state index in [2.05, 4.69) is 118 Å². The zero-order chi connectivity index (χ0) is 49.3. The summed E-state index contributed by atoms with van der Waals surface area (Å²) in [5, 5.41) is 0. The summed E-state index contributed by atoms with van der Waals surface area (Å²) >= 11 is 0. The van der Waals surface area contributed by atoms with Gasteiger partial charge < -0.3 is 14.2 Å². The van der Waals surface area contributed by atoms with Crippen LogP contribution in [0.25, 0.3) is 0 Å². The van der Waals surface area contributed by atoms with E-state index in [4.69, 9.17) is 14.2 Å². The van der Waals surface area contributed by atoms with Crippen molar-refractivity contribution in [2.45, 2.75) is 264 Å². The number of esters is 3. The number of hydrogen-bond acceptors (Lipinski definition) is 6. The molecule has 0 aliphatic heterocycles. The lowest BCUT2D eigenvalue weighted by molar-refractivity contribution is -0.167. The Labute approximate surface area is 419 Å². The van der Waals surface area contributed by atoms with Gasteiger partial charge in [-0.1, -0.05) is 221 Å². The maximum Gasteiger partial charge on any atom is 0.306 e. The molecule has 388 valence electrons. The van der Waals surface area contributed by atoms with Crippen LogP contribution < -0.4 is 0 Å². The topological polar surface area (TPSA) is 78.9 Å². The van der Waals surface area contributed by atoms with Crippen LogP contribution in [0.15, 0.2) is 97.2 Å². The molecule has 1 unspecified atom stereocenters. The molecule has 0 spiro atoms. The first-order valence-corrected chi connectivity index (χ1v) is 28.2. The van der Waals surface area contributed by atoms with E-state index in [0.29, 0.717) is 19.3 Å². The molecule has 6 heteroatoms. The fourth-order valence-corrected chi connectivity index (χ4v) is 7.54. The third kappa shape index (κ3) is 53.3. The van der Waals surface area contributed by atoms with Gasteiger partial charge in [-0.05, 0) is 116 Å². The standard InChI is InChI=1S/C62H104O6/c1-4-7-10-13-16-19-22-24-26-28-30-31-32-34-35-37-40-43-46-49-52-55-61(64)67-58-59(57-66-60(63)54-51-48-45-42-39-21-18-15-12-9-6-3)68-62(65)56-53-50-47-44-41-38-36-33-29-27-25-23-20-17-14-11-8-5-2/h7,10,15-16,18-19,24,26-27,29-31,34-35,40,43,59H,4-6,8-9,11-14,17,20-23,25,28,32-33,36-39,41-42,44-58H2,1-3H3/b10-7-,18-15-,19-16-,26-24-,29-27-,31-30-,35-34-,43-40-. The van der Waals surface area contributed by atoms with Gasteiger partial charge in [-0.15, -0.1) is 0 Å². The zero-order valence-electron chi connectivity index (χ0n) is 44.3. The highest BCUT2D eigenvalue weighted by atomic mass is 16.6. The number of hydrogen-bond donors (Lipinski definition) is 0. The Bertz CT molecular complexity index is 1360. The van der Waals surface area contributed by atoms with Crippen molar-refractivity contribution in [2.75, 3.05) is 13.2 Å². The summed E-state index contributed by atoms with van der Waals surface area (Å²) < 4.78 is 16.8. The van der Waals surface area contributed by atoms with E-state index >= 15 is 0 Å². The lowest BCUT2D eigenvalue weighted by Crippen LogP contribution is -2.30. The molecule has 0 radical (unpaired) electrons. The minimum absolute atomic E-state index is 0.0980.